The number of aliphatic hydroxyl groups is 2. The standard InChI is InChI=1S/C29H40N2O6/c1-8-37-27(35)25(33)24(32)20-15-19-17(14-22(20)36-7)9-11-30-21(19)13-18-16-29(5,6)10-12-31(28(2,3)4)26(34)23(18)30/h13-15,24-25,32-33H,8-12,16H2,1-7H3/t24-,25+/m0/s1. The molecule has 0 saturated carbocycles. The number of nitrogens with zero attached hydrogens (tertiary/aromatic N) is 2. The van der Waals surface area contributed by atoms with E-state index in [4.69, 9.17) is 9.47 Å². The van der Waals surface area contributed by atoms with Crippen LogP contribution in [-0.4, -0.2) is 63.5 Å². The molecule has 4 rings (SSSR count). The van der Waals surface area contributed by atoms with Gasteiger partial charge in [-0.25, -0.2) is 4.79 Å². The predicted molar refractivity (Wildman–Crippen MR) is 141 cm³/mol. The number of aromatic nitrogens is 1. The molecule has 0 bridgehead atoms. The molecular formula is C29H40N2O6. The summed E-state index contributed by atoms with van der Waals surface area (Å²) in [5, 5.41) is 21.4. The molecule has 2 atom stereocenters. The van der Waals surface area contributed by atoms with Crippen LogP contribution in [0.1, 0.15) is 81.2 Å². The van der Waals surface area contributed by atoms with Crippen LogP contribution in [-0.2, 0) is 28.9 Å². The Labute approximate surface area is 219 Å². The highest BCUT2D eigenvalue weighted by Gasteiger charge is 2.38. The van der Waals surface area contributed by atoms with Gasteiger partial charge >= 0.3 is 5.97 Å². The Morgan fingerprint density at radius 2 is 1.84 bits per heavy atom. The number of rotatable bonds is 5. The zero-order valence-corrected chi connectivity index (χ0v) is 23.1. The molecule has 2 aliphatic rings. The zero-order chi connectivity index (χ0) is 27.3. The number of methoxy groups -OCH3 is 1. The van der Waals surface area contributed by atoms with Crippen molar-refractivity contribution in [3.8, 4) is 17.0 Å². The smallest absolute Gasteiger partial charge is 0.338 e. The van der Waals surface area contributed by atoms with E-state index < -0.39 is 18.2 Å². The SMILES string of the molecule is CCOC(=O)[C@H](O)[C@@H](O)c1cc2c(cc1OC)CCn1c-2cc2c1C(=O)N(C(C)(C)C)CCC(C)(C)C2. The molecule has 0 saturated heterocycles. The summed E-state index contributed by atoms with van der Waals surface area (Å²) in [7, 11) is 1.49. The number of fused-ring (bicyclic) bond motifs is 5. The van der Waals surface area contributed by atoms with Crippen LogP contribution in [0.4, 0.5) is 0 Å². The van der Waals surface area contributed by atoms with E-state index in [2.05, 4.69) is 45.3 Å². The van der Waals surface area contributed by atoms with E-state index in [1.54, 1.807) is 13.0 Å². The number of hydrogen-bond donors (Lipinski definition) is 2. The Morgan fingerprint density at radius 1 is 1.14 bits per heavy atom. The number of esters is 1. The molecule has 8 nitrogen and oxygen atoms in total. The maximum absolute atomic E-state index is 14.0. The first-order chi connectivity index (χ1) is 17.3. The van der Waals surface area contributed by atoms with Crippen molar-refractivity contribution in [1.82, 2.24) is 9.47 Å². The third kappa shape index (κ3) is 5.01. The Hall–Kier alpha value is -2.84. The van der Waals surface area contributed by atoms with Crippen LogP contribution in [0.5, 0.6) is 5.75 Å². The van der Waals surface area contributed by atoms with Gasteiger partial charge in [0, 0.05) is 35.4 Å². The van der Waals surface area contributed by atoms with Crippen LogP contribution in [0.15, 0.2) is 18.2 Å². The molecule has 0 unspecified atom stereocenters. The number of ether oxygens (including phenoxy) is 2. The minimum atomic E-state index is -1.75. The van der Waals surface area contributed by atoms with Gasteiger partial charge in [-0.2, -0.15) is 0 Å². The molecule has 1 aromatic carbocycles. The van der Waals surface area contributed by atoms with E-state index in [1.807, 2.05) is 11.0 Å². The van der Waals surface area contributed by atoms with Crippen LogP contribution < -0.4 is 4.74 Å². The number of amides is 1. The molecule has 2 N–H and O–H groups in total. The van der Waals surface area contributed by atoms with Gasteiger partial charge in [0.25, 0.3) is 5.91 Å². The van der Waals surface area contributed by atoms with Gasteiger partial charge in [0.05, 0.1) is 13.7 Å². The highest BCUT2D eigenvalue weighted by molar-refractivity contribution is 5.96. The van der Waals surface area contributed by atoms with Gasteiger partial charge in [-0.15, -0.1) is 0 Å². The lowest BCUT2D eigenvalue weighted by Gasteiger charge is -2.40. The number of aryl methyl sites for hydroxylation is 1. The molecule has 37 heavy (non-hydrogen) atoms. The van der Waals surface area contributed by atoms with Crippen molar-refractivity contribution in [2.45, 2.75) is 85.1 Å². The van der Waals surface area contributed by atoms with Gasteiger partial charge < -0.3 is 29.2 Å². The van der Waals surface area contributed by atoms with Gasteiger partial charge in [-0.1, -0.05) is 13.8 Å². The van der Waals surface area contributed by atoms with Gasteiger partial charge in [-0.05, 0) is 81.7 Å². The maximum Gasteiger partial charge on any atom is 0.338 e. The number of carbonyl (C=O) groups is 2. The summed E-state index contributed by atoms with van der Waals surface area (Å²) >= 11 is 0. The van der Waals surface area contributed by atoms with Crippen molar-refractivity contribution in [2.24, 2.45) is 5.41 Å². The molecule has 8 heteroatoms. The Bertz CT molecular complexity index is 1210. The highest BCUT2D eigenvalue weighted by Crippen LogP contribution is 2.42. The molecule has 1 aromatic heterocycles. The summed E-state index contributed by atoms with van der Waals surface area (Å²) in [6.07, 6.45) is -0.892. The van der Waals surface area contributed by atoms with Crippen molar-refractivity contribution >= 4 is 11.9 Å². The topological polar surface area (TPSA) is 101 Å². The summed E-state index contributed by atoms with van der Waals surface area (Å²) < 4.78 is 12.5. The lowest BCUT2D eigenvalue weighted by Crippen LogP contribution is -2.49. The molecule has 3 heterocycles. The monoisotopic (exact) mass is 512 g/mol. The first kappa shape index (κ1) is 27.2. The van der Waals surface area contributed by atoms with Crippen LogP contribution in [0.2, 0.25) is 0 Å². The molecule has 1 amide bonds. The normalized spacial score (nSPS) is 18.6. The minimum Gasteiger partial charge on any atom is -0.496 e. The number of benzene rings is 1. The van der Waals surface area contributed by atoms with E-state index >= 15 is 0 Å². The minimum absolute atomic E-state index is 0.0182. The average Bonchev–Trinajstić information content (AvgIpc) is 3.17. The van der Waals surface area contributed by atoms with Crippen LogP contribution in [0, 0.1) is 5.41 Å². The fourth-order valence-electron chi connectivity index (χ4n) is 5.59. The fraction of sp³-hybridized carbons (Fsp3) is 0.586. The quantitative estimate of drug-likeness (QED) is 0.590. The summed E-state index contributed by atoms with van der Waals surface area (Å²) in [6.45, 7) is 13.8. The van der Waals surface area contributed by atoms with Crippen molar-refractivity contribution in [3.05, 3.63) is 40.6 Å². The van der Waals surface area contributed by atoms with Crippen molar-refractivity contribution in [2.75, 3.05) is 20.3 Å². The van der Waals surface area contributed by atoms with Crippen molar-refractivity contribution in [3.63, 3.8) is 0 Å². The Balaban J connectivity index is 1.86. The summed E-state index contributed by atoms with van der Waals surface area (Å²) in [5.74, 6) is -0.459. The van der Waals surface area contributed by atoms with E-state index in [0.717, 1.165) is 40.9 Å². The van der Waals surface area contributed by atoms with E-state index in [-0.39, 0.29) is 23.5 Å². The molecule has 0 spiro atoms. The third-order valence-corrected chi connectivity index (χ3v) is 7.60. The third-order valence-electron chi connectivity index (χ3n) is 7.60. The first-order valence-corrected chi connectivity index (χ1v) is 13.1. The molecular weight excluding hydrogens is 472 g/mol. The van der Waals surface area contributed by atoms with Gasteiger partial charge in [0.1, 0.15) is 17.5 Å². The Kier molecular flexibility index (Phi) is 7.20. The molecule has 202 valence electrons. The second kappa shape index (κ2) is 9.80. The molecule has 2 aromatic rings. The van der Waals surface area contributed by atoms with Gasteiger partial charge in [0.15, 0.2) is 6.10 Å². The second-order valence-electron chi connectivity index (χ2n) is 11.9. The highest BCUT2D eigenvalue weighted by atomic mass is 16.5. The summed E-state index contributed by atoms with van der Waals surface area (Å²) in [6, 6.07) is 5.73. The van der Waals surface area contributed by atoms with Crippen LogP contribution >= 0.6 is 0 Å². The molecule has 0 fully saturated rings. The summed E-state index contributed by atoms with van der Waals surface area (Å²) in [4.78, 5) is 28.1. The van der Waals surface area contributed by atoms with E-state index in [0.29, 0.717) is 30.8 Å². The number of hydrogen-bond acceptors (Lipinski definition) is 6. The average molecular weight is 513 g/mol. The largest absolute Gasteiger partial charge is 0.496 e. The first-order valence-electron chi connectivity index (χ1n) is 13.1. The molecule has 0 radical (unpaired) electrons. The predicted octanol–water partition coefficient (Wildman–Crippen LogP) is 3.89. The lowest BCUT2D eigenvalue weighted by atomic mass is 9.80. The van der Waals surface area contributed by atoms with Crippen LogP contribution in [0.3, 0.4) is 0 Å². The molecule has 2 aliphatic heterocycles. The van der Waals surface area contributed by atoms with Crippen molar-refractivity contribution in [1.29, 1.82) is 0 Å². The lowest BCUT2D eigenvalue weighted by molar-refractivity contribution is -0.159. The van der Waals surface area contributed by atoms with Gasteiger partial charge in [0.2, 0.25) is 0 Å². The second-order valence-corrected chi connectivity index (χ2v) is 11.9. The van der Waals surface area contributed by atoms with Gasteiger partial charge in [-0.3, -0.25) is 4.79 Å². The number of carbonyl (C=O) groups excluding carboxylic acids is 2. The summed E-state index contributed by atoms with van der Waals surface area (Å²) in [5.41, 5.74) is 4.54. The zero-order valence-electron chi connectivity index (χ0n) is 23.1. The fourth-order valence-corrected chi connectivity index (χ4v) is 5.59. The van der Waals surface area contributed by atoms with Crippen molar-refractivity contribution < 1.29 is 29.3 Å². The Morgan fingerprint density at radius 3 is 2.46 bits per heavy atom. The van der Waals surface area contributed by atoms with E-state index in [1.165, 1.54) is 7.11 Å². The van der Waals surface area contributed by atoms with Crippen LogP contribution in [0.25, 0.3) is 11.3 Å². The maximum atomic E-state index is 14.0. The van der Waals surface area contributed by atoms with E-state index in [9.17, 15) is 19.8 Å². The number of aliphatic hydroxyl groups excluding tert-OH is 2. The molecule has 0 aliphatic carbocycles.